The van der Waals surface area contributed by atoms with Gasteiger partial charge in [0, 0.05) is 44.4 Å². The Bertz CT molecular complexity index is 2270. The Kier molecular flexibility index (Phi) is 13.3. The summed E-state index contributed by atoms with van der Waals surface area (Å²) in [6, 6.07) is 12.3. The van der Waals surface area contributed by atoms with Crippen molar-refractivity contribution in [2.75, 3.05) is 14.2 Å². The summed E-state index contributed by atoms with van der Waals surface area (Å²) in [5.41, 5.74) is 12.9. The van der Waals surface area contributed by atoms with Crippen LogP contribution in [-0.2, 0) is 5.41 Å². The molecule has 0 saturated carbocycles. The SMILES string of the molecule is CCCC(CC)(c1sc(-c2sc(-c3c(OC)cccc3OC(C)C)c(C)c2C)c(C)c1C)c1sc(-c2sc(-c3c(OC)cccc3OC(C)C)c(C)c2C)c(C)c1C. The van der Waals surface area contributed by atoms with Gasteiger partial charge in [-0.1, -0.05) is 32.4 Å². The highest BCUT2D eigenvalue weighted by atomic mass is 32.1. The third kappa shape index (κ3) is 7.56. The minimum atomic E-state index is -0.0990. The zero-order chi connectivity index (χ0) is 42.4. The molecule has 4 heterocycles. The summed E-state index contributed by atoms with van der Waals surface area (Å²) in [6.45, 7) is 31.6. The minimum absolute atomic E-state index is 0.0568. The lowest BCUT2D eigenvalue weighted by Crippen LogP contribution is -2.26. The molecule has 0 unspecified atom stereocenters. The van der Waals surface area contributed by atoms with Crippen molar-refractivity contribution in [2.45, 2.75) is 134 Å². The van der Waals surface area contributed by atoms with E-state index in [0.717, 1.165) is 53.4 Å². The second kappa shape index (κ2) is 17.6. The van der Waals surface area contributed by atoms with Crippen LogP contribution in [-0.4, -0.2) is 26.4 Å². The molecule has 0 amide bonds. The number of thiophene rings is 4. The van der Waals surface area contributed by atoms with Crippen LogP contribution in [0.5, 0.6) is 23.0 Å². The van der Waals surface area contributed by atoms with Crippen molar-refractivity contribution < 1.29 is 18.9 Å². The lowest BCUT2D eigenvalue weighted by atomic mass is 9.74. The van der Waals surface area contributed by atoms with Gasteiger partial charge in [-0.2, -0.15) is 0 Å². The topological polar surface area (TPSA) is 36.9 Å². The first kappa shape index (κ1) is 44.0. The van der Waals surface area contributed by atoms with Crippen molar-refractivity contribution in [1.29, 1.82) is 0 Å². The second-order valence-corrected chi connectivity index (χ2v) is 20.3. The zero-order valence-corrected chi connectivity index (χ0v) is 40.8. The van der Waals surface area contributed by atoms with E-state index in [1.165, 1.54) is 83.5 Å². The van der Waals surface area contributed by atoms with Gasteiger partial charge in [0.15, 0.2) is 0 Å². The van der Waals surface area contributed by atoms with E-state index in [9.17, 15) is 0 Å². The first-order valence-electron chi connectivity index (χ1n) is 20.7. The van der Waals surface area contributed by atoms with Gasteiger partial charge in [0.25, 0.3) is 0 Å². The van der Waals surface area contributed by atoms with Crippen LogP contribution in [0.3, 0.4) is 0 Å². The third-order valence-corrected chi connectivity index (χ3v) is 18.3. The average Bonchev–Trinajstić information content (AvgIpc) is 3.86. The highest BCUT2D eigenvalue weighted by Crippen LogP contribution is 2.58. The molecular weight excluding hydrogens is 793 g/mol. The fourth-order valence-corrected chi connectivity index (χ4v) is 14.9. The second-order valence-electron chi connectivity index (χ2n) is 16.2. The highest BCUT2D eigenvalue weighted by Gasteiger charge is 2.40. The van der Waals surface area contributed by atoms with E-state index < -0.39 is 0 Å². The van der Waals surface area contributed by atoms with Crippen LogP contribution in [0.2, 0.25) is 0 Å². The molecule has 0 bridgehead atoms. The zero-order valence-electron chi connectivity index (χ0n) is 37.5. The summed E-state index contributed by atoms with van der Waals surface area (Å²) >= 11 is 7.82. The van der Waals surface area contributed by atoms with Gasteiger partial charge in [-0.15, -0.1) is 45.3 Å². The lowest BCUT2D eigenvalue weighted by Gasteiger charge is -2.33. The summed E-state index contributed by atoms with van der Waals surface area (Å²) in [4.78, 5) is 10.9. The fraction of sp³-hybridized carbons (Fsp3) is 0.440. The van der Waals surface area contributed by atoms with Crippen LogP contribution in [0.1, 0.15) is 115 Å². The molecule has 0 aliphatic heterocycles. The Hall–Kier alpha value is -3.56. The first-order chi connectivity index (χ1) is 27.6. The van der Waals surface area contributed by atoms with Crippen LogP contribution in [0.25, 0.3) is 40.4 Å². The van der Waals surface area contributed by atoms with Gasteiger partial charge < -0.3 is 18.9 Å². The molecule has 0 radical (unpaired) electrons. The number of hydrogen-bond acceptors (Lipinski definition) is 8. The smallest absolute Gasteiger partial charge is 0.132 e. The Morgan fingerprint density at radius 3 is 1.12 bits per heavy atom. The van der Waals surface area contributed by atoms with Crippen LogP contribution >= 0.6 is 45.3 Å². The standard InChI is InChI=1S/C50H62O4S4/c1-17-25-50(18-2,48-34(13)32(11)46(57-48)44-30(9)28(7)42(55-44)40-36(51-15)21-19-23-38(40)53-26(3)4)49-35(14)33(12)47(58-49)45-31(10)29(8)43(56-45)41-37(52-16)22-20-24-39(41)54-27(5)6/h19-24,26-27H,17-18,25H2,1-16H3. The lowest BCUT2D eigenvalue weighted by molar-refractivity contribution is 0.242. The molecule has 0 aliphatic rings. The van der Waals surface area contributed by atoms with Crippen molar-refractivity contribution in [3.05, 3.63) is 90.7 Å². The summed E-state index contributed by atoms with van der Waals surface area (Å²) in [6.07, 6.45) is 3.35. The van der Waals surface area contributed by atoms with Gasteiger partial charge in [-0.3, -0.25) is 0 Å². The summed E-state index contributed by atoms with van der Waals surface area (Å²) < 4.78 is 24.7. The molecule has 4 nitrogen and oxygen atoms in total. The number of methoxy groups -OCH3 is 2. The first-order valence-corrected chi connectivity index (χ1v) is 23.9. The Morgan fingerprint density at radius 1 is 0.466 bits per heavy atom. The van der Waals surface area contributed by atoms with Crippen molar-refractivity contribution in [2.24, 2.45) is 0 Å². The molecule has 310 valence electrons. The quantitative estimate of drug-likeness (QED) is 0.103. The predicted octanol–water partition coefficient (Wildman–Crippen LogP) is 16.2. The van der Waals surface area contributed by atoms with Crippen LogP contribution in [0.4, 0.5) is 0 Å². The average molecular weight is 855 g/mol. The van der Waals surface area contributed by atoms with Crippen molar-refractivity contribution in [1.82, 2.24) is 0 Å². The van der Waals surface area contributed by atoms with E-state index in [4.69, 9.17) is 18.9 Å². The summed E-state index contributed by atoms with van der Waals surface area (Å²) in [5.74, 6) is 3.42. The molecule has 6 aromatic rings. The normalized spacial score (nSPS) is 12.0. The minimum Gasteiger partial charge on any atom is -0.496 e. The van der Waals surface area contributed by atoms with Crippen molar-refractivity contribution in [3.8, 4) is 63.4 Å². The van der Waals surface area contributed by atoms with E-state index in [0.29, 0.717) is 0 Å². The van der Waals surface area contributed by atoms with Gasteiger partial charge in [-0.25, -0.2) is 0 Å². The largest absolute Gasteiger partial charge is 0.496 e. The molecule has 0 N–H and O–H groups in total. The van der Waals surface area contributed by atoms with E-state index in [-0.39, 0.29) is 17.6 Å². The molecule has 4 aromatic heterocycles. The molecule has 2 aromatic carbocycles. The number of ether oxygens (including phenoxy) is 4. The van der Waals surface area contributed by atoms with Gasteiger partial charge in [0.2, 0.25) is 0 Å². The third-order valence-electron chi connectivity index (χ3n) is 11.9. The monoisotopic (exact) mass is 854 g/mol. The molecule has 0 fully saturated rings. The van der Waals surface area contributed by atoms with Crippen LogP contribution in [0.15, 0.2) is 36.4 Å². The Labute approximate surface area is 364 Å². The molecule has 0 saturated heterocycles. The van der Waals surface area contributed by atoms with Crippen LogP contribution < -0.4 is 18.9 Å². The summed E-state index contributed by atoms with van der Waals surface area (Å²) in [7, 11) is 3.51. The van der Waals surface area contributed by atoms with Gasteiger partial charge in [0.1, 0.15) is 23.0 Å². The maximum Gasteiger partial charge on any atom is 0.132 e. The maximum atomic E-state index is 6.38. The van der Waals surface area contributed by atoms with Gasteiger partial charge in [-0.05, 0) is 165 Å². The summed E-state index contributed by atoms with van der Waals surface area (Å²) in [5, 5.41) is 0. The van der Waals surface area contributed by atoms with Crippen molar-refractivity contribution in [3.63, 3.8) is 0 Å². The molecule has 0 spiro atoms. The van der Waals surface area contributed by atoms with Gasteiger partial charge >= 0.3 is 0 Å². The molecular formula is C50H62O4S4. The molecule has 8 heteroatoms. The highest BCUT2D eigenvalue weighted by molar-refractivity contribution is 7.25. The van der Waals surface area contributed by atoms with E-state index in [1.54, 1.807) is 14.2 Å². The predicted molar refractivity (Wildman–Crippen MR) is 255 cm³/mol. The number of benzene rings is 2. The fourth-order valence-electron chi connectivity index (χ4n) is 8.41. The number of rotatable bonds is 15. The molecule has 58 heavy (non-hydrogen) atoms. The molecule has 0 aliphatic carbocycles. The molecule has 0 atom stereocenters. The van der Waals surface area contributed by atoms with Crippen molar-refractivity contribution >= 4 is 45.3 Å². The Balaban J connectivity index is 1.51. The van der Waals surface area contributed by atoms with E-state index >= 15 is 0 Å². The van der Waals surface area contributed by atoms with E-state index in [2.05, 4.69) is 109 Å². The van der Waals surface area contributed by atoms with E-state index in [1.807, 2.05) is 69.6 Å². The van der Waals surface area contributed by atoms with Gasteiger partial charge in [0.05, 0.1) is 37.6 Å². The maximum absolute atomic E-state index is 6.38. The molecule has 6 rings (SSSR count). The number of hydrogen-bond donors (Lipinski definition) is 0. The van der Waals surface area contributed by atoms with Crippen LogP contribution in [0, 0.1) is 55.4 Å². The Morgan fingerprint density at radius 2 is 0.793 bits per heavy atom.